The van der Waals surface area contributed by atoms with Crippen molar-refractivity contribution in [1.29, 1.82) is 0 Å². The van der Waals surface area contributed by atoms with E-state index in [0.717, 1.165) is 18.8 Å². The summed E-state index contributed by atoms with van der Waals surface area (Å²) in [5, 5.41) is 0.500. The van der Waals surface area contributed by atoms with Crippen LogP contribution in [0.3, 0.4) is 0 Å². The van der Waals surface area contributed by atoms with Gasteiger partial charge < -0.3 is 5.73 Å². The van der Waals surface area contributed by atoms with Crippen molar-refractivity contribution < 1.29 is 0 Å². The van der Waals surface area contributed by atoms with Gasteiger partial charge in [0.2, 0.25) is 0 Å². The molecule has 0 amide bonds. The largest absolute Gasteiger partial charge is 0.329 e. The predicted molar refractivity (Wildman–Crippen MR) is 66.8 cm³/mol. The Morgan fingerprint density at radius 3 is 2.88 bits per heavy atom. The van der Waals surface area contributed by atoms with E-state index in [2.05, 4.69) is 14.9 Å². The van der Waals surface area contributed by atoms with Crippen molar-refractivity contribution >= 4 is 24.0 Å². The normalized spacial score (nSPS) is 20.8. The molecule has 1 aliphatic heterocycles. The lowest BCUT2D eigenvalue weighted by Crippen LogP contribution is -2.35. The maximum Gasteiger partial charge on any atom is 0.151 e. The topological polar surface area (TPSA) is 55.0 Å². The Bertz CT molecular complexity index is 334. The second-order valence-electron chi connectivity index (χ2n) is 3.80. The van der Waals surface area contributed by atoms with Crippen molar-refractivity contribution in [3.05, 3.63) is 23.2 Å². The fourth-order valence-corrected chi connectivity index (χ4v) is 2.18. The maximum absolute atomic E-state index is 5.96. The van der Waals surface area contributed by atoms with Crippen LogP contribution in [0.1, 0.15) is 18.5 Å². The van der Waals surface area contributed by atoms with Crippen LogP contribution in [0.25, 0.3) is 0 Å². The Morgan fingerprint density at radius 1 is 1.44 bits per heavy atom. The third-order valence-electron chi connectivity index (χ3n) is 2.85. The summed E-state index contributed by atoms with van der Waals surface area (Å²) in [5.74, 6) is 0. The van der Waals surface area contributed by atoms with E-state index in [4.69, 9.17) is 17.3 Å². The van der Waals surface area contributed by atoms with Gasteiger partial charge >= 0.3 is 0 Å². The van der Waals surface area contributed by atoms with Gasteiger partial charge in [-0.15, -0.1) is 12.4 Å². The van der Waals surface area contributed by atoms with Crippen LogP contribution in [-0.2, 0) is 6.54 Å². The molecule has 6 heteroatoms. The maximum atomic E-state index is 5.96. The number of nitrogens with two attached hydrogens (primary N) is 1. The summed E-state index contributed by atoms with van der Waals surface area (Å²) in [4.78, 5) is 10.6. The van der Waals surface area contributed by atoms with Crippen LogP contribution in [0, 0.1) is 0 Å². The van der Waals surface area contributed by atoms with Crippen molar-refractivity contribution in [1.82, 2.24) is 14.9 Å². The lowest BCUT2D eigenvalue weighted by atomic mass is 10.2. The molecule has 0 aromatic carbocycles. The first-order valence-electron chi connectivity index (χ1n) is 5.20. The SMILES string of the molecule is Cl.NCC1CCCN1Cc1nccnc1Cl. The molecule has 4 nitrogen and oxygen atoms in total. The highest BCUT2D eigenvalue weighted by Crippen LogP contribution is 2.20. The van der Waals surface area contributed by atoms with Gasteiger partial charge in [0.15, 0.2) is 5.15 Å². The predicted octanol–water partition coefficient (Wildman–Crippen LogP) is 1.47. The second-order valence-corrected chi connectivity index (χ2v) is 4.15. The third kappa shape index (κ3) is 3.04. The number of halogens is 2. The fourth-order valence-electron chi connectivity index (χ4n) is 2.02. The summed E-state index contributed by atoms with van der Waals surface area (Å²) in [7, 11) is 0. The fraction of sp³-hybridized carbons (Fsp3) is 0.600. The van der Waals surface area contributed by atoms with Gasteiger partial charge in [-0.2, -0.15) is 0 Å². The Kier molecular flexibility index (Phi) is 5.41. The molecule has 1 unspecified atom stereocenters. The lowest BCUT2D eigenvalue weighted by Gasteiger charge is -2.22. The number of aromatic nitrogens is 2. The van der Waals surface area contributed by atoms with Crippen LogP contribution in [0.4, 0.5) is 0 Å². The molecular formula is C10H16Cl2N4. The van der Waals surface area contributed by atoms with E-state index in [1.165, 1.54) is 12.8 Å². The molecule has 1 fully saturated rings. The minimum Gasteiger partial charge on any atom is -0.329 e. The zero-order valence-electron chi connectivity index (χ0n) is 8.97. The molecule has 90 valence electrons. The van der Waals surface area contributed by atoms with E-state index < -0.39 is 0 Å². The van der Waals surface area contributed by atoms with Crippen molar-refractivity contribution in [3.63, 3.8) is 0 Å². The molecule has 1 saturated heterocycles. The van der Waals surface area contributed by atoms with Crippen LogP contribution in [0.2, 0.25) is 5.15 Å². The molecule has 1 aliphatic rings. The first kappa shape index (κ1) is 13.6. The first-order valence-corrected chi connectivity index (χ1v) is 5.58. The van der Waals surface area contributed by atoms with Crippen LogP contribution in [0.5, 0.6) is 0 Å². The summed E-state index contributed by atoms with van der Waals surface area (Å²) in [6.07, 6.45) is 5.67. The van der Waals surface area contributed by atoms with Crippen LogP contribution < -0.4 is 5.73 Å². The first-order chi connectivity index (χ1) is 7.31. The van der Waals surface area contributed by atoms with Gasteiger partial charge in [0.25, 0.3) is 0 Å². The van der Waals surface area contributed by atoms with E-state index in [0.29, 0.717) is 17.7 Å². The van der Waals surface area contributed by atoms with Crippen molar-refractivity contribution in [3.8, 4) is 0 Å². The molecule has 1 aromatic heterocycles. The van der Waals surface area contributed by atoms with Gasteiger partial charge in [0, 0.05) is 31.5 Å². The molecule has 2 rings (SSSR count). The molecule has 16 heavy (non-hydrogen) atoms. The Morgan fingerprint density at radius 2 is 2.19 bits per heavy atom. The molecular weight excluding hydrogens is 247 g/mol. The summed E-state index contributed by atoms with van der Waals surface area (Å²) in [6, 6.07) is 0.475. The standard InChI is InChI=1S/C10H15ClN4.ClH/c11-10-9(13-3-4-14-10)7-15-5-1-2-8(15)6-12;/h3-4,8H,1-2,5-7,12H2;1H. The van der Waals surface area contributed by atoms with Crippen molar-refractivity contribution in [2.75, 3.05) is 13.1 Å². The summed E-state index contributed by atoms with van der Waals surface area (Å²) >= 11 is 5.96. The molecule has 2 heterocycles. The van der Waals surface area contributed by atoms with Crippen molar-refractivity contribution in [2.45, 2.75) is 25.4 Å². The highest BCUT2D eigenvalue weighted by molar-refractivity contribution is 6.29. The quantitative estimate of drug-likeness (QED) is 0.897. The highest BCUT2D eigenvalue weighted by atomic mass is 35.5. The highest BCUT2D eigenvalue weighted by Gasteiger charge is 2.24. The monoisotopic (exact) mass is 262 g/mol. The Balaban J connectivity index is 0.00000128. The second kappa shape index (κ2) is 6.35. The van der Waals surface area contributed by atoms with Crippen LogP contribution in [0.15, 0.2) is 12.4 Å². The minimum absolute atomic E-state index is 0. The smallest absolute Gasteiger partial charge is 0.151 e. The number of likely N-dealkylation sites (tertiary alicyclic amines) is 1. The summed E-state index contributed by atoms with van der Waals surface area (Å²) in [6.45, 7) is 2.54. The number of hydrogen-bond acceptors (Lipinski definition) is 4. The number of hydrogen-bond donors (Lipinski definition) is 1. The molecule has 2 N–H and O–H groups in total. The zero-order valence-corrected chi connectivity index (χ0v) is 10.5. The average Bonchev–Trinajstić information content (AvgIpc) is 2.69. The molecule has 0 aliphatic carbocycles. The molecule has 0 spiro atoms. The minimum atomic E-state index is 0. The Hall–Kier alpha value is -0.420. The van der Waals surface area contributed by atoms with Gasteiger partial charge in [-0.25, -0.2) is 4.98 Å². The lowest BCUT2D eigenvalue weighted by molar-refractivity contribution is 0.247. The Labute approximate surface area is 107 Å². The van der Waals surface area contributed by atoms with Gasteiger partial charge in [-0.3, -0.25) is 9.88 Å². The molecule has 1 atom stereocenters. The molecule has 0 bridgehead atoms. The van der Waals surface area contributed by atoms with E-state index in [9.17, 15) is 0 Å². The van der Waals surface area contributed by atoms with E-state index >= 15 is 0 Å². The van der Waals surface area contributed by atoms with Gasteiger partial charge in [-0.05, 0) is 19.4 Å². The van der Waals surface area contributed by atoms with Crippen LogP contribution >= 0.6 is 24.0 Å². The third-order valence-corrected chi connectivity index (χ3v) is 3.16. The molecule has 0 radical (unpaired) electrons. The zero-order chi connectivity index (χ0) is 10.7. The van der Waals surface area contributed by atoms with Gasteiger partial charge in [0.05, 0.1) is 5.69 Å². The summed E-state index contributed by atoms with van der Waals surface area (Å²) in [5.41, 5.74) is 6.55. The van der Waals surface area contributed by atoms with Gasteiger partial charge in [-0.1, -0.05) is 11.6 Å². The number of rotatable bonds is 3. The van der Waals surface area contributed by atoms with E-state index in [-0.39, 0.29) is 12.4 Å². The van der Waals surface area contributed by atoms with Crippen LogP contribution in [-0.4, -0.2) is 34.0 Å². The van der Waals surface area contributed by atoms with Gasteiger partial charge in [0.1, 0.15) is 0 Å². The average molecular weight is 263 g/mol. The molecule has 1 aromatic rings. The van der Waals surface area contributed by atoms with E-state index in [1.807, 2.05) is 0 Å². The van der Waals surface area contributed by atoms with E-state index in [1.54, 1.807) is 12.4 Å². The van der Waals surface area contributed by atoms with Crippen molar-refractivity contribution in [2.24, 2.45) is 5.73 Å². The number of nitrogens with zero attached hydrogens (tertiary/aromatic N) is 3. The summed E-state index contributed by atoms with van der Waals surface area (Å²) < 4.78 is 0. The molecule has 0 saturated carbocycles.